The van der Waals surface area contributed by atoms with Crippen LogP contribution in [0.15, 0.2) is 0 Å². The molecule has 0 heterocycles. The third-order valence-corrected chi connectivity index (χ3v) is 6.74. The maximum Gasteiger partial charge on any atom is 0.166 e. The van der Waals surface area contributed by atoms with Gasteiger partial charge in [0.05, 0.1) is 0 Å². The fourth-order valence-corrected chi connectivity index (χ4v) is 6.32. The molecule has 2 nitrogen and oxygen atoms in total. The lowest BCUT2D eigenvalue weighted by atomic mass is 9.49. The lowest BCUT2D eigenvalue weighted by molar-refractivity contribution is -0.0491. The molecule has 0 unspecified atom stereocenters. The van der Waals surface area contributed by atoms with Crippen LogP contribution in [0.3, 0.4) is 0 Å². The van der Waals surface area contributed by atoms with Crippen molar-refractivity contribution in [1.29, 1.82) is 0 Å². The van der Waals surface area contributed by atoms with Gasteiger partial charge in [-0.2, -0.15) is 0 Å². The van der Waals surface area contributed by atoms with E-state index in [0.717, 1.165) is 29.4 Å². The Labute approximate surface area is 128 Å². The summed E-state index contributed by atoms with van der Waals surface area (Å²) < 4.78 is 0. The lowest BCUT2D eigenvalue weighted by Crippen LogP contribution is -2.52. The molecule has 4 bridgehead atoms. The topological polar surface area (TPSA) is 24.1 Å². The second-order valence-electron chi connectivity index (χ2n) is 8.23. The van der Waals surface area contributed by atoms with Crippen LogP contribution in [0.2, 0.25) is 0 Å². The predicted molar refractivity (Wildman–Crippen MR) is 86.6 cm³/mol. The summed E-state index contributed by atoms with van der Waals surface area (Å²) in [6, 6.07) is 0.645. The van der Waals surface area contributed by atoms with E-state index in [1.165, 1.54) is 64.2 Å². The molecule has 0 aromatic rings. The molecule has 0 atom stereocenters. The molecule has 3 heteroatoms. The van der Waals surface area contributed by atoms with E-state index in [4.69, 9.17) is 12.2 Å². The molecule has 5 rings (SSSR count). The summed E-state index contributed by atoms with van der Waals surface area (Å²) in [6.45, 7) is 1.13. The van der Waals surface area contributed by atoms with Gasteiger partial charge in [0.25, 0.3) is 0 Å². The molecule has 5 saturated carbocycles. The predicted octanol–water partition coefficient (Wildman–Crippen LogP) is 3.61. The highest BCUT2D eigenvalue weighted by molar-refractivity contribution is 7.80. The van der Waals surface area contributed by atoms with Gasteiger partial charge in [-0.3, -0.25) is 0 Å². The highest BCUT2D eigenvalue weighted by Crippen LogP contribution is 2.59. The van der Waals surface area contributed by atoms with Crippen molar-refractivity contribution in [3.63, 3.8) is 0 Å². The van der Waals surface area contributed by atoms with Crippen LogP contribution in [0.4, 0.5) is 0 Å². The first kappa shape index (κ1) is 13.4. The normalized spacial score (nSPS) is 42.9. The summed E-state index contributed by atoms with van der Waals surface area (Å²) in [5, 5.41) is 8.04. The van der Waals surface area contributed by atoms with E-state index in [2.05, 4.69) is 10.6 Å². The molecule has 0 radical (unpaired) electrons. The number of rotatable bonds is 3. The molecule has 20 heavy (non-hydrogen) atoms. The van der Waals surface area contributed by atoms with Crippen LogP contribution < -0.4 is 10.6 Å². The largest absolute Gasteiger partial charge is 0.362 e. The van der Waals surface area contributed by atoms with Crippen LogP contribution in [0, 0.1) is 23.2 Å². The van der Waals surface area contributed by atoms with E-state index in [1.54, 1.807) is 0 Å². The lowest BCUT2D eigenvalue weighted by Gasteiger charge is -2.57. The monoisotopic (exact) mass is 292 g/mol. The van der Waals surface area contributed by atoms with Gasteiger partial charge in [-0.05, 0) is 86.8 Å². The Morgan fingerprint density at radius 2 is 1.50 bits per heavy atom. The van der Waals surface area contributed by atoms with Crippen molar-refractivity contribution in [2.24, 2.45) is 23.2 Å². The van der Waals surface area contributed by atoms with Crippen LogP contribution in [0.1, 0.15) is 64.2 Å². The zero-order chi connectivity index (χ0) is 13.6. The molecule has 0 spiro atoms. The van der Waals surface area contributed by atoms with Gasteiger partial charge in [0.15, 0.2) is 5.11 Å². The van der Waals surface area contributed by atoms with Gasteiger partial charge in [-0.15, -0.1) is 0 Å². The number of hydrogen-bond acceptors (Lipinski definition) is 1. The minimum Gasteiger partial charge on any atom is -0.362 e. The summed E-state index contributed by atoms with van der Waals surface area (Å²) in [4.78, 5) is 0. The zero-order valence-corrected chi connectivity index (χ0v) is 13.3. The maximum atomic E-state index is 5.52. The highest BCUT2D eigenvalue weighted by atomic mass is 32.1. The Hall–Kier alpha value is -0.310. The third kappa shape index (κ3) is 2.58. The molecule has 0 aromatic heterocycles. The Balaban J connectivity index is 1.31. The summed E-state index contributed by atoms with van der Waals surface area (Å²) in [5.74, 6) is 3.12. The Morgan fingerprint density at radius 1 is 0.950 bits per heavy atom. The van der Waals surface area contributed by atoms with E-state index in [0.29, 0.717) is 11.5 Å². The van der Waals surface area contributed by atoms with E-state index < -0.39 is 0 Å². The van der Waals surface area contributed by atoms with Crippen molar-refractivity contribution in [3.05, 3.63) is 0 Å². The SMILES string of the molecule is S=C(NCC12CC3CC(CC(C3)C1)C2)NC1CCCC1. The molecule has 2 N–H and O–H groups in total. The Morgan fingerprint density at radius 3 is 2.05 bits per heavy atom. The van der Waals surface area contributed by atoms with Crippen molar-refractivity contribution < 1.29 is 0 Å². The average molecular weight is 292 g/mol. The fraction of sp³-hybridized carbons (Fsp3) is 0.941. The molecule has 0 amide bonds. The third-order valence-electron chi connectivity index (χ3n) is 6.48. The standard InChI is InChI=1S/C17H28N2S/c20-16(19-15-3-1-2-4-15)18-11-17-8-12-5-13(9-17)7-14(6-12)10-17/h12-15H,1-11H2,(H2,18,19,20). The van der Waals surface area contributed by atoms with E-state index in [-0.39, 0.29) is 0 Å². The molecule has 0 saturated heterocycles. The van der Waals surface area contributed by atoms with E-state index >= 15 is 0 Å². The quantitative estimate of drug-likeness (QED) is 0.777. The van der Waals surface area contributed by atoms with Crippen LogP contribution >= 0.6 is 12.2 Å². The molecule has 5 aliphatic carbocycles. The van der Waals surface area contributed by atoms with Crippen LogP contribution in [0.5, 0.6) is 0 Å². The van der Waals surface area contributed by atoms with Crippen molar-refractivity contribution in [2.45, 2.75) is 70.3 Å². The summed E-state index contributed by atoms with van der Waals surface area (Å²) in [7, 11) is 0. The van der Waals surface area contributed by atoms with Gasteiger partial charge in [-0.1, -0.05) is 12.8 Å². The molecule has 5 fully saturated rings. The highest BCUT2D eigenvalue weighted by Gasteiger charge is 2.50. The van der Waals surface area contributed by atoms with Crippen molar-refractivity contribution in [1.82, 2.24) is 10.6 Å². The second kappa shape index (κ2) is 5.15. The summed E-state index contributed by atoms with van der Waals surface area (Å²) in [6.07, 6.45) is 14.4. The Bertz CT molecular complexity index is 351. The van der Waals surface area contributed by atoms with Crippen molar-refractivity contribution in [3.8, 4) is 0 Å². The molecule has 0 aromatic carbocycles. The molecular weight excluding hydrogens is 264 g/mol. The first-order chi connectivity index (χ1) is 9.71. The van der Waals surface area contributed by atoms with Gasteiger partial charge in [-0.25, -0.2) is 0 Å². The molecule has 5 aliphatic rings. The number of thiocarbonyl (C=S) groups is 1. The molecular formula is C17H28N2S. The minimum absolute atomic E-state index is 0.593. The van der Waals surface area contributed by atoms with E-state index in [1.807, 2.05) is 0 Å². The average Bonchev–Trinajstić information content (AvgIpc) is 2.88. The van der Waals surface area contributed by atoms with Gasteiger partial charge >= 0.3 is 0 Å². The van der Waals surface area contributed by atoms with Gasteiger partial charge in [0.2, 0.25) is 0 Å². The van der Waals surface area contributed by atoms with Crippen LogP contribution in [-0.2, 0) is 0 Å². The fourth-order valence-electron chi connectivity index (χ4n) is 6.08. The number of hydrogen-bond donors (Lipinski definition) is 2. The van der Waals surface area contributed by atoms with E-state index in [9.17, 15) is 0 Å². The maximum absolute atomic E-state index is 5.52. The number of nitrogens with one attached hydrogen (secondary N) is 2. The Kier molecular flexibility index (Phi) is 3.44. The van der Waals surface area contributed by atoms with Gasteiger partial charge in [0.1, 0.15) is 0 Å². The zero-order valence-electron chi connectivity index (χ0n) is 12.5. The second-order valence-corrected chi connectivity index (χ2v) is 8.63. The van der Waals surface area contributed by atoms with Gasteiger partial charge in [0, 0.05) is 12.6 Å². The van der Waals surface area contributed by atoms with Crippen LogP contribution in [0.25, 0.3) is 0 Å². The summed E-state index contributed by atoms with van der Waals surface area (Å²) >= 11 is 5.52. The smallest absolute Gasteiger partial charge is 0.166 e. The van der Waals surface area contributed by atoms with Crippen LogP contribution in [-0.4, -0.2) is 17.7 Å². The van der Waals surface area contributed by atoms with Gasteiger partial charge < -0.3 is 10.6 Å². The van der Waals surface area contributed by atoms with Crippen molar-refractivity contribution >= 4 is 17.3 Å². The molecule has 0 aliphatic heterocycles. The molecule has 112 valence electrons. The first-order valence-corrected chi connectivity index (χ1v) is 9.16. The first-order valence-electron chi connectivity index (χ1n) is 8.75. The summed E-state index contributed by atoms with van der Waals surface area (Å²) in [5.41, 5.74) is 0.593. The van der Waals surface area contributed by atoms with Crippen molar-refractivity contribution in [2.75, 3.05) is 6.54 Å². The minimum atomic E-state index is 0.593.